The number of hydrogen-bond donors (Lipinski definition) is 2. The number of carbonyl (C=O) groups is 2. The highest BCUT2D eigenvalue weighted by Crippen LogP contribution is 2.29. The summed E-state index contributed by atoms with van der Waals surface area (Å²) in [5, 5.41) is 2.86. The van der Waals surface area contributed by atoms with Crippen molar-refractivity contribution in [1.29, 1.82) is 0 Å². The van der Waals surface area contributed by atoms with E-state index in [4.69, 9.17) is 22.1 Å². The number of halogens is 2. The summed E-state index contributed by atoms with van der Waals surface area (Å²) in [5.41, 5.74) is 4.80. The fourth-order valence-corrected chi connectivity index (χ4v) is 2.69. The first-order valence-electron chi connectivity index (χ1n) is 7.02. The minimum atomic E-state index is -0.799. The third kappa shape index (κ3) is 3.75. The molecule has 0 radical (unpaired) electrons. The number of carbonyl (C=O) groups excluding carboxylic acids is 2. The van der Waals surface area contributed by atoms with E-state index in [-0.39, 0.29) is 23.6 Å². The Morgan fingerprint density at radius 2 is 2.05 bits per heavy atom. The van der Waals surface area contributed by atoms with E-state index < -0.39 is 23.0 Å². The molecule has 120 valence electrons. The predicted octanol–water partition coefficient (Wildman–Crippen LogP) is 1.42. The summed E-state index contributed by atoms with van der Waals surface area (Å²) < 4.78 is 18.9. The number of hydrogen-bond acceptors (Lipinski definition) is 3. The first kappa shape index (κ1) is 16.7. The molecule has 0 bridgehead atoms. The van der Waals surface area contributed by atoms with Crippen LogP contribution < -0.4 is 11.1 Å². The Bertz CT molecular complexity index is 554. The fraction of sp³-hybridized carbons (Fsp3) is 0.467. The van der Waals surface area contributed by atoms with E-state index >= 15 is 0 Å². The number of rotatable bonds is 5. The molecule has 0 aliphatic carbocycles. The van der Waals surface area contributed by atoms with E-state index in [9.17, 15) is 14.0 Å². The second-order valence-electron chi connectivity index (χ2n) is 5.41. The lowest BCUT2D eigenvalue weighted by Crippen LogP contribution is -2.49. The summed E-state index contributed by atoms with van der Waals surface area (Å²) in [7, 11) is 0. The van der Waals surface area contributed by atoms with Crippen LogP contribution >= 0.6 is 11.6 Å². The van der Waals surface area contributed by atoms with Gasteiger partial charge in [-0.05, 0) is 25.0 Å². The van der Waals surface area contributed by atoms with Crippen LogP contribution in [0.5, 0.6) is 0 Å². The summed E-state index contributed by atoms with van der Waals surface area (Å²) in [6.45, 7) is 0.979. The summed E-state index contributed by atoms with van der Waals surface area (Å²) in [6, 6.07) is 4.25. The molecule has 1 aliphatic rings. The molecule has 7 heteroatoms. The molecule has 1 aliphatic heterocycles. The molecule has 0 aromatic heterocycles. The molecular weight excluding hydrogens is 311 g/mol. The Hall–Kier alpha value is -1.66. The lowest BCUT2D eigenvalue weighted by Gasteiger charge is -2.34. The topological polar surface area (TPSA) is 81.4 Å². The molecule has 0 saturated carbocycles. The van der Waals surface area contributed by atoms with E-state index in [1.54, 1.807) is 0 Å². The zero-order valence-corrected chi connectivity index (χ0v) is 12.8. The van der Waals surface area contributed by atoms with E-state index in [1.165, 1.54) is 18.2 Å². The van der Waals surface area contributed by atoms with Crippen LogP contribution in [0.4, 0.5) is 4.39 Å². The van der Waals surface area contributed by atoms with Crippen LogP contribution in [-0.2, 0) is 20.7 Å². The van der Waals surface area contributed by atoms with Crippen molar-refractivity contribution in [3.05, 3.63) is 34.6 Å². The van der Waals surface area contributed by atoms with Gasteiger partial charge in [0.05, 0.1) is 11.8 Å². The SMILES string of the molecule is NC(=O)C1(CNC(=O)Cc2c(F)cccc2Cl)CCOCC1. The quantitative estimate of drug-likeness (QED) is 0.857. The van der Waals surface area contributed by atoms with E-state index in [2.05, 4.69) is 5.32 Å². The van der Waals surface area contributed by atoms with Crippen molar-refractivity contribution in [3.8, 4) is 0 Å². The van der Waals surface area contributed by atoms with Crippen LogP contribution in [0.25, 0.3) is 0 Å². The number of amides is 2. The van der Waals surface area contributed by atoms with Crippen LogP contribution in [0, 0.1) is 11.2 Å². The molecule has 2 rings (SSSR count). The van der Waals surface area contributed by atoms with Crippen molar-refractivity contribution >= 4 is 23.4 Å². The Kier molecular flexibility index (Phi) is 5.37. The molecule has 2 amide bonds. The van der Waals surface area contributed by atoms with Crippen molar-refractivity contribution in [2.75, 3.05) is 19.8 Å². The zero-order valence-electron chi connectivity index (χ0n) is 12.0. The van der Waals surface area contributed by atoms with Gasteiger partial charge in [0.15, 0.2) is 0 Å². The molecule has 3 N–H and O–H groups in total. The number of benzene rings is 1. The number of ether oxygens (including phenoxy) is 1. The monoisotopic (exact) mass is 328 g/mol. The highest BCUT2D eigenvalue weighted by molar-refractivity contribution is 6.31. The highest BCUT2D eigenvalue weighted by Gasteiger charge is 2.38. The van der Waals surface area contributed by atoms with Gasteiger partial charge in [0, 0.05) is 30.3 Å². The highest BCUT2D eigenvalue weighted by atomic mass is 35.5. The van der Waals surface area contributed by atoms with Crippen LogP contribution in [0.1, 0.15) is 18.4 Å². The third-order valence-corrected chi connectivity index (χ3v) is 4.35. The van der Waals surface area contributed by atoms with Crippen LogP contribution in [0.3, 0.4) is 0 Å². The molecule has 0 spiro atoms. The summed E-state index contributed by atoms with van der Waals surface area (Å²) in [4.78, 5) is 23.7. The van der Waals surface area contributed by atoms with Gasteiger partial charge < -0.3 is 15.8 Å². The molecule has 0 atom stereocenters. The van der Waals surface area contributed by atoms with Gasteiger partial charge in [0.25, 0.3) is 0 Å². The summed E-state index contributed by atoms with van der Waals surface area (Å²) >= 11 is 5.89. The van der Waals surface area contributed by atoms with Gasteiger partial charge in [-0.2, -0.15) is 0 Å². The second-order valence-corrected chi connectivity index (χ2v) is 5.82. The van der Waals surface area contributed by atoms with E-state index in [0.29, 0.717) is 26.1 Å². The van der Waals surface area contributed by atoms with Crippen molar-refractivity contribution < 1.29 is 18.7 Å². The number of nitrogens with one attached hydrogen (secondary N) is 1. The average molecular weight is 329 g/mol. The maximum absolute atomic E-state index is 13.7. The fourth-order valence-electron chi connectivity index (χ4n) is 2.46. The molecule has 1 aromatic rings. The van der Waals surface area contributed by atoms with Crippen molar-refractivity contribution in [3.63, 3.8) is 0 Å². The normalized spacial score (nSPS) is 17.0. The Labute approximate surface area is 133 Å². The molecule has 22 heavy (non-hydrogen) atoms. The molecular formula is C15H18ClFN2O3. The van der Waals surface area contributed by atoms with Gasteiger partial charge in [-0.3, -0.25) is 9.59 Å². The van der Waals surface area contributed by atoms with Crippen LogP contribution in [0.2, 0.25) is 5.02 Å². The molecule has 5 nitrogen and oxygen atoms in total. The Morgan fingerprint density at radius 3 is 2.64 bits per heavy atom. The maximum Gasteiger partial charge on any atom is 0.225 e. The smallest absolute Gasteiger partial charge is 0.225 e. The maximum atomic E-state index is 13.7. The minimum absolute atomic E-state index is 0.122. The van der Waals surface area contributed by atoms with Gasteiger partial charge in [-0.25, -0.2) is 4.39 Å². The minimum Gasteiger partial charge on any atom is -0.381 e. The van der Waals surface area contributed by atoms with Crippen LogP contribution in [-0.4, -0.2) is 31.6 Å². The lowest BCUT2D eigenvalue weighted by molar-refractivity contribution is -0.133. The van der Waals surface area contributed by atoms with Gasteiger partial charge in [-0.15, -0.1) is 0 Å². The van der Waals surface area contributed by atoms with Gasteiger partial charge >= 0.3 is 0 Å². The molecule has 0 unspecified atom stereocenters. The van der Waals surface area contributed by atoms with Crippen molar-refractivity contribution in [2.45, 2.75) is 19.3 Å². The van der Waals surface area contributed by atoms with Crippen molar-refractivity contribution in [2.24, 2.45) is 11.1 Å². The van der Waals surface area contributed by atoms with Crippen molar-refractivity contribution in [1.82, 2.24) is 5.32 Å². The molecule has 1 saturated heterocycles. The largest absolute Gasteiger partial charge is 0.381 e. The number of primary amides is 1. The molecule has 1 fully saturated rings. The first-order chi connectivity index (χ1) is 10.4. The van der Waals surface area contributed by atoms with Gasteiger partial charge in [0.1, 0.15) is 5.82 Å². The Balaban J connectivity index is 1.98. The van der Waals surface area contributed by atoms with Crippen LogP contribution in [0.15, 0.2) is 18.2 Å². The summed E-state index contributed by atoms with van der Waals surface area (Å²) in [6.07, 6.45) is 0.739. The second kappa shape index (κ2) is 7.07. The van der Waals surface area contributed by atoms with E-state index in [1.807, 2.05) is 0 Å². The summed E-state index contributed by atoms with van der Waals surface area (Å²) in [5.74, 6) is -1.39. The third-order valence-electron chi connectivity index (χ3n) is 4.00. The average Bonchev–Trinajstić information content (AvgIpc) is 2.50. The standard InChI is InChI=1S/C15H18ClFN2O3/c16-11-2-1-3-12(17)10(11)8-13(20)19-9-15(14(18)21)4-6-22-7-5-15/h1-3H,4-9H2,(H2,18,21)(H,19,20). The predicted molar refractivity (Wildman–Crippen MR) is 79.8 cm³/mol. The zero-order chi connectivity index (χ0) is 16.2. The lowest BCUT2D eigenvalue weighted by atomic mass is 9.79. The van der Waals surface area contributed by atoms with E-state index in [0.717, 1.165) is 0 Å². The number of nitrogens with two attached hydrogens (primary N) is 1. The van der Waals surface area contributed by atoms with Gasteiger partial charge in [0.2, 0.25) is 11.8 Å². The molecule has 1 aromatic carbocycles. The first-order valence-corrected chi connectivity index (χ1v) is 7.40. The van der Waals surface area contributed by atoms with Gasteiger partial charge in [-0.1, -0.05) is 17.7 Å². The Morgan fingerprint density at radius 1 is 1.36 bits per heavy atom. The molecule has 1 heterocycles.